The molecule has 0 aromatic heterocycles. The van der Waals surface area contributed by atoms with E-state index in [4.69, 9.17) is 0 Å². The number of nitrogens with one attached hydrogen (secondary N) is 1. The van der Waals surface area contributed by atoms with Gasteiger partial charge in [-0.3, -0.25) is 0 Å². The normalized spacial score (nSPS) is 12.4. The van der Waals surface area contributed by atoms with Crippen LogP contribution in [0.15, 0.2) is 40.9 Å². The van der Waals surface area contributed by atoms with Crippen molar-refractivity contribution in [3.05, 3.63) is 69.4 Å². The Balaban J connectivity index is 2.06. The van der Waals surface area contributed by atoms with Crippen LogP contribution >= 0.6 is 15.9 Å². The second-order valence-electron chi connectivity index (χ2n) is 4.51. The van der Waals surface area contributed by atoms with Crippen molar-refractivity contribution in [3.63, 3.8) is 0 Å². The molecule has 0 fully saturated rings. The van der Waals surface area contributed by atoms with Crippen molar-refractivity contribution in [3.8, 4) is 0 Å². The van der Waals surface area contributed by atoms with E-state index in [0.717, 1.165) is 16.6 Å². The Hall–Kier alpha value is -1.33. The lowest BCUT2D eigenvalue weighted by molar-refractivity contribution is 0.499. The molecule has 5 heteroatoms. The van der Waals surface area contributed by atoms with Gasteiger partial charge in [-0.2, -0.15) is 0 Å². The van der Waals surface area contributed by atoms with Crippen LogP contribution in [0.5, 0.6) is 0 Å². The van der Waals surface area contributed by atoms with Gasteiger partial charge in [-0.05, 0) is 42.8 Å². The van der Waals surface area contributed by atoms with Crippen LogP contribution in [-0.2, 0) is 6.54 Å². The number of halogens is 4. The van der Waals surface area contributed by atoms with E-state index in [0.29, 0.717) is 17.7 Å². The molecule has 0 bridgehead atoms. The van der Waals surface area contributed by atoms with Gasteiger partial charge < -0.3 is 5.32 Å². The Morgan fingerprint density at radius 2 is 1.70 bits per heavy atom. The summed E-state index contributed by atoms with van der Waals surface area (Å²) in [6, 6.07) is 8.20. The molecule has 0 saturated carbocycles. The zero-order valence-corrected chi connectivity index (χ0v) is 12.3. The van der Waals surface area contributed by atoms with Gasteiger partial charge >= 0.3 is 0 Å². The van der Waals surface area contributed by atoms with E-state index in [1.165, 1.54) is 12.1 Å². The van der Waals surface area contributed by atoms with E-state index in [2.05, 4.69) is 21.2 Å². The van der Waals surface area contributed by atoms with Gasteiger partial charge in [0.05, 0.1) is 0 Å². The number of hydrogen-bond donors (Lipinski definition) is 1. The van der Waals surface area contributed by atoms with Gasteiger partial charge in [-0.15, -0.1) is 0 Å². The van der Waals surface area contributed by atoms with Gasteiger partial charge in [-0.1, -0.05) is 22.0 Å². The first-order valence-corrected chi connectivity index (χ1v) is 6.89. The molecule has 0 spiro atoms. The molecule has 2 rings (SSSR count). The lowest BCUT2D eigenvalue weighted by Gasteiger charge is -2.15. The van der Waals surface area contributed by atoms with Crippen LogP contribution < -0.4 is 5.32 Å². The first-order chi connectivity index (χ1) is 9.47. The maximum Gasteiger partial charge on any atom is 0.159 e. The predicted molar refractivity (Wildman–Crippen MR) is 75.7 cm³/mol. The highest BCUT2D eigenvalue weighted by molar-refractivity contribution is 9.10. The third-order valence-corrected chi connectivity index (χ3v) is 3.54. The molecular formula is C15H13BrF3N. The summed E-state index contributed by atoms with van der Waals surface area (Å²) in [7, 11) is 0. The molecule has 0 aliphatic rings. The predicted octanol–water partition coefficient (Wildman–Crippen LogP) is 4.72. The van der Waals surface area contributed by atoms with Crippen LogP contribution in [0.4, 0.5) is 13.2 Å². The van der Waals surface area contributed by atoms with Crippen LogP contribution in [0, 0.1) is 17.5 Å². The Morgan fingerprint density at radius 1 is 1.00 bits per heavy atom. The maximum atomic E-state index is 13.6. The van der Waals surface area contributed by atoms with Crippen molar-refractivity contribution in [2.24, 2.45) is 0 Å². The molecule has 1 unspecified atom stereocenters. The molecule has 0 saturated heterocycles. The van der Waals surface area contributed by atoms with Gasteiger partial charge in [0.25, 0.3) is 0 Å². The lowest BCUT2D eigenvalue weighted by atomic mass is 10.1. The van der Waals surface area contributed by atoms with Crippen LogP contribution in [0.1, 0.15) is 24.1 Å². The Labute approximate surface area is 123 Å². The fraction of sp³-hybridized carbons (Fsp3) is 0.200. The minimum atomic E-state index is -0.884. The molecule has 1 N–H and O–H groups in total. The molecule has 0 aliphatic carbocycles. The highest BCUT2D eigenvalue weighted by atomic mass is 79.9. The summed E-state index contributed by atoms with van der Waals surface area (Å²) in [5.41, 5.74) is 1.12. The second kappa shape index (κ2) is 6.41. The Kier molecular flexibility index (Phi) is 4.83. The zero-order chi connectivity index (χ0) is 14.7. The summed E-state index contributed by atoms with van der Waals surface area (Å²) in [6.07, 6.45) is 0. The summed E-state index contributed by atoms with van der Waals surface area (Å²) in [4.78, 5) is 0. The molecule has 20 heavy (non-hydrogen) atoms. The standard InChI is InChI=1S/C15H13BrF3N/c1-9(10-2-4-14(18)15(19)7-10)20-8-11-6-12(16)3-5-13(11)17/h2-7,9,20H,8H2,1H3. The van der Waals surface area contributed by atoms with Crippen LogP contribution in [0.3, 0.4) is 0 Å². The monoisotopic (exact) mass is 343 g/mol. The number of rotatable bonds is 4. The van der Waals surface area contributed by atoms with Gasteiger partial charge in [0.1, 0.15) is 5.82 Å². The molecule has 0 amide bonds. The molecule has 0 aliphatic heterocycles. The highest BCUT2D eigenvalue weighted by Crippen LogP contribution is 2.19. The average Bonchev–Trinajstić information content (AvgIpc) is 2.42. The quantitative estimate of drug-likeness (QED) is 0.847. The average molecular weight is 344 g/mol. The van der Waals surface area contributed by atoms with Gasteiger partial charge in [0, 0.05) is 22.6 Å². The van der Waals surface area contributed by atoms with Gasteiger partial charge in [-0.25, -0.2) is 13.2 Å². The summed E-state index contributed by atoms with van der Waals surface area (Å²) in [5.74, 6) is -2.07. The number of benzene rings is 2. The van der Waals surface area contributed by atoms with E-state index in [1.54, 1.807) is 12.1 Å². The van der Waals surface area contributed by atoms with Crippen LogP contribution in [0.2, 0.25) is 0 Å². The highest BCUT2D eigenvalue weighted by Gasteiger charge is 2.10. The topological polar surface area (TPSA) is 12.0 Å². The third kappa shape index (κ3) is 3.61. The largest absolute Gasteiger partial charge is 0.306 e. The molecule has 0 heterocycles. The van der Waals surface area contributed by atoms with E-state index < -0.39 is 11.6 Å². The molecular weight excluding hydrogens is 331 g/mol. The Bertz CT molecular complexity index is 616. The summed E-state index contributed by atoms with van der Waals surface area (Å²) >= 11 is 3.28. The Morgan fingerprint density at radius 3 is 2.40 bits per heavy atom. The van der Waals surface area contributed by atoms with E-state index in [9.17, 15) is 13.2 Å². The molecule has 2 aromatic rings. The van der Waals surface area contributed by atoms with Crippen LogP contribution in [-0.4, -0.2) is 0 Å². The second-order valence-corrected chi connectivity index (χ2v) is 5.43. The first-order valence-electron chi connectivity index (χ1n) is 6.09. The third-order valence-electron chi connectivity index (χ3n) is 3.05. The maximum absolute atomic E-state index is 13.6. The van der Waals surface area contributed by atoms with E-state index >= 15 is 0 Å². The van der Waals surface area contributed by atoms with Crippen molar-refractivity contribution in [2.45, 2.75) is 19.5 Å². The minimum absolute atomic E-state index is 0.219. The van der Waals surface area contributed by atoms with Crippen LogP contribution in [0.25, 0.3) is 0 Å². The van der Waals surface area contributed by atoms with Crippen molar-refractivity contribution >= 4 is 15.9 Å². The number of hydrogen-bond acceptors (Lipinski definition) is 1. The van der Waals surface area contributed by atoms with Gasteiger partial charge in [0.15, 0.2) is 11.6 Å². The fourth-order valence-electron chi connectivity index (χ4n) is 1.84. The SMILES string of the molecule is CC(NCc1cc(Br)ccc1F)c1ccc(F)c(F)c1. The summed E-state index contributed by atoms with van der Waals surface area (Å²) < 4.78 is 40.4. The summed E-state index contributed by atoms with van der Waals surface area (Å²) in [6.45, 7) is 2.11. The molecule has 1 nitrogen and oxygen atoms in total. The molecule has 106 valence electrons. The lowest BCUT2D eigenvalue weighted by Crippen LogP contribution is -2.19. The van der Waals surface area contributed by atoms with Crippen molar-refractivity contribution < 1.29 is 13.2 Å². The molecule has 1 atom stereocenters. The smallest absolute Gasteiger partial charge is 0.159 e. The minimum Gasteiger partial charge on any atom is -0.306 e. The van der Waals surface area contributed by atoms with Gasteiger partial charge in [0.2, 0.25) is 0 Å². The molecule has 0 radical (unpaired) electrons. The molecule has 2 aromatic carbocycles. The fourth-order valence-corrected chi connectivity index (χ4v) is 2.25. The summed E-state index contributed by atoms with van der Waals surface area (Å²) in [5, 5.41) is 3.08. The first kappa shape index (κ1) is 15.1. The zero-order valence-electron chi connectivity index (χ0n) is 10.8. The van der Waals surface area contributed by atoms with Crippen molar-refractivity contribution in [2.75, 3.05) is 0 Å². The van der Waals surface area contributed by atoms with E-state index in [-0.39, 0.29) is 11.9 Å². The van der Waals surface area contributed by atoms with Crippen molar-refractivity contribution in [1.29, 1.82) is 0 Å². The van der Waals surface area contributed by atoms with E-state index in [1.807, 2.05) is 6.92 Å². The van der Waals surface area contributed by atoms with Crippen molar-refractivity contribution in [1.82, 2.24) is 5.32 Å².